The molecule has 0 saturated heterocycles. The number of benzene rings is 2. The molecule has 2 aromatic carbocycles. The van der Waals surface area contributed by atoms with Crippen LogP contribution >= 0.6 is 15.9 Å². The highest BCUT2D eigenvalue weighted by molar-refractivity contribution is 9.10. The highest BCUT2D eigenvalue weighted by Crippen LogP contribution is 2.24. The van der Waals surface area contributed by atoms with Crippen LogP contribution in [0.4, 0.5) is 5.69 Å². The molecule has 0 atom stereocenters. The molecule has 0 aromatic heterocycles. The first-order chi connectivity index (χ1) is 12.0. The number of nitrogens with zero attached hydrogens (tertiary/aromatic N) is 1. The Morgan fingerprint density at radius 1 is 1.12 bits per heavy atom. The number of anilines is 1. The molecule has 1 amide bonds. The fraction of sp³-hybridized carbons (Fsp3) is 0.316. The van der Waals surface area contributed by atoms with E-state index in [2.05, 4.69) is 26.1 Å². The Kier molecular flexibility index (Phi) is 7.28. The Morgan fingerprint density at radius 2 is 1.84 bits per heavy atom. The summed E-state index contributed by atoms with van der Waals surface area (Å²) in [4.78, 5) is 14.4. The summed E-state index contributed by atoms with van der Waals surface area (Å²) in [7, 11) is 3.27. The lowest BCUT2D eigenvalue weighted by Gasteiger charge is -2.21. The van der Waals surface area contributed by atoms with Gasteiger partial charge in [-0.3, -0.25) is 9.69 Å². The molecule has 0 fully saturated rings. The maximum atomic E-state index is 12.3. The lowest BCUT2D eigenvalue weighted by molar-refractivity contribution is -0.117. The van der Waals surface area contributed by atoms with Gasteiger partial charge >= 0.3 is 0 Å². The van der Waals surface area contributed by atoms with Crippen molar-refractivity contribution < 1.29 is 14.3 Å². The lowest BCUT2D eigenvalue weighted by atomic mass is 10.2. The molecular weight excluding hydrogens is 384 g/mol. The van der Waals surface area contributed by atoms with Crippen LogP contribution in [0, 0.1) is 0 Å². The number of likely N-dealkylation sites (N-methyl/N-ethyl adjacent to an activating group) is 1. The van der Waals surface area contributed by atoms with Gasteiger partial charge in [-0.25, -0.2) is 0 Å². The average molecular weight is 407 g/mol. The van der Waals surface area contributed by atoms with Gasteiger partial charge in [0.2, 0.25) is 5.91 Å². The third-order valence-corrected chi connectivity index (χ3v) is 4.32. The smallest absolute Gasteiger partial charge is 0.238 e. The maximum Gasteiger partial charge on any atom is 0.238 e. The molecule has 0 aliphatic rings. The minimum atomic E-state index is -0.0546. The number of methoxy groups -OCH3 is 2. The first kappa shape index (κ1) is 19.3. The Hall–Kier alpha value is -2.05. The van der Waals surface area contributed by atoms with Gasteiger partial charge in [0.25, 0.3) is 0 Å². The number of halogens is 1. The Labute approximate surface area is 157 Å². The van der Waals surface area contributed by atoms with E-state index in [0.29, 0.717) is 13.1 Å². The molecule has 1 N–H and O–H groups in total. The summed E-state index contributed by atoms with van der Waals surface area (Å²) >= 11 is 3.48. The Bertz CT molecular complexity index is 704. The second kappa shape index (κ2) is 9.44. The van der Waals surface area contributed by atoms with Crippen molar-refractivity contribution in [1.82, 2.24) is 4.90 Å². The fourth-order valence-electron chi connectivity index (χ4n) is 2.47. The van der Waals surface area contributed by atoms with E-state index in [9.17, 15) is 4.79 Å². The Balaban J connectivity index is 1.98. The molecule has 25 heavy (non-hydrogen) atoms. The van der Waals surface area contributed by atoms with Crippen LogP contribution in [0.3, 0.4) is 0 Å². The number of hydrogen-bond donors (Lipinski definition) is 1. The second-order valence-electron chi connectivity index (χ2n) is 5.54. The first-order valence-electron chi connectivity index (χ1n) is 8.04. The van der Waals surface area contributed by atoms with Crippen molar-refractivity contribution in [2.75, 3.05) is 32.6 Å². The number of hydrogen-bond acceptors (Lipinski definition) is 4. The molecule has 134 valence electrons. The zero-order valence-electron chi connectivity index (χ0n) is 14.7. The summed E-state index contributed by atoms with van der Waals surface area (Å²) < 4.78 is 11.5. The molecule has 0 unspecified atom stereocenters. The number of ether oxygens (including phenoxy) is 2. The summed E-state index contributed by atoms with van der Waals surface area (Å²) in [5.41, 5.74) is 1.79. The Morgan fingerprint density at radius 3 is 2.44 bits per heavy atom. The first-order valence-corrected chi connectivity index (χ1v) is 8.83. The van der Waals surface area contributed by atoms with Crippen LogP contribution in [-0.2, 0) is 11.3 Å². The van der Waals surface area contributed by atoms with Gasteiger partial charge in [0.1, 0.15) is 11.5 Å². The van der Waals surface area contributed by atoms with E-state index < -0.39 is 0 Å². The van der Waals surface area contributed by atoms with E-state index >= 15 is 0 Å². The number of rotatable bonds is 8. The van der Waals surface area contributed by atoms with Crippen LogP contribution in [0.15, 0.2) is 46.9 Å². The number of carbonyl (C=O) groups is 1. The molecule has 2 rings (SSSR count). The van der Waals surface area contributed by atoms with Crippen molar-refractivity contribution in [2.24, 2.45) is 0 Å². The number of carbonyl (C=O) groups excluding carboxylic acids is 1. The van der Waals surface area contributed by atoms with Crippen molar-refractivity contribution in [3.05, 3.63) is 52.5 Å². The summed E-state index contributed by atoms with van der Waals surface area (Å²) in [6.45, 7) is 3.73. The van der Waals surface area contributed by atoms with Crippen molar-refractivity contribution in [2.45, 2.75) is 13.5 Å². The fourth-order valence-corrected chi connectivity index (χ4v) is 2.88. The standard InChI is InChI=1S/C19H23BrN2O3/c1-4-22(12-14-11-15(20)5-10-18(14)25-3)13-19(23)21-16-6-8-17(24-2)9-7-16/h5-11H,4,12-13H2,1-3H3,(H,21,23). The molecule has 5 nitrogen and oxygen atoms in total. The highest BCUT2D eigenvalue weighted by Gasteiger charge is 2.13. The van der Waals surface area contributed by atoms with Crippen LogP contribution in [0.25, 0.3) is 0 Å². The third-order valence-electron chi connectivity index (χ3n) is 3.82. The van der Waals surface area contributed by atoms with Crippen LogP contribution < -0.4 is 14.8 Å². The SMILES string of the molecule is CCN(CC(=O)Nc1ccc(OC)cc1)Cc1cc(Br)ccc1OC. The molecule has 2 aromatic rings. The largest absolute Gasteiger partial charge is 0.497 e. The van der Waals surface area contributed by atoms with Gasteiger partial charge in [-0.1, -0.05) is 22.9 Å². The van der Waals surface area contributed by atoms with Crippen molar-refractivity contribution in [3.63, 3.8) is 0 Å². The minimum Gasteiger partial charge on any atom is -0.497 e. The van der Waals surface area contributed by atoms with Crippen LogP contribution in [0.5, 0.6) is 11.5 Å². The molecule has 0 aliphatic carbocycles. The number of amides is 1. The monoisotopic (exact) mass is 406 g/mol. The molecule has 0 aliphatic heterocycles. The molecular formula is C19H23BrN2O3. The van der Waals surface area contributed by atoms with E-state index in [1.54, 1.807) is 14.2 Å². The molecule has 0 radical (unpaired) electrons. The van der Waals surface area contributed by atoms with E-state index in [-0.39, 0.29) is 5.91 Å². The summed E-state index contributed by atoms with van der Waals surface area (Å²) in [5.74, 6) is 1.52. The molecule has 0 saturated carbocycles. The minimum absolute atomic E-state index is 0.0546. The second-order valence-corrected chi connectivity index (χ2v) is 6.45. The summed E-state index contributed by atoms with van der Waals surface area (Å²) in [6.07, 6.45) is 0. The van der Waals surface area contributed by atoms with Gasteiger partial charge in [-0.15, -0.1) is 0 Å². The van der Waals surface area contributed by atoms with Gasteiger partial charge in [-0.2, -0.15) is 0 Å². The van der Waals surface area contributed by atoms with Gasteiger partial charge in [0.05, 0.1) is 20.8 Å². The zero-order valence-corrected chi connectivity index (χ0v) is 16.3. The van der Waals surface area contributed by atoms with Crippen LogP contribution in [0.1, 0.15) is 12.5 Å². The molecule has 6 heteroatoms. The van der Waals surface area contributed by atoms with E-state index in [1.165, 1.54) is 0 Å². The highest BCUT2D eigenvalue weighted by atomic mass is 79.9. The van der Waals surface area contributed by atoms with Gasteiger partial charge in [0, 0.05) is 22.3 Å². The van der Waals surface area contributed by atoms with Crippen molar-refractivity contribution in [3.8, 4) is 11.5 Å². The predicted molar refractivity (Wildman–Crippen MR) is 103 cm³/mol. The molecule has 0 spiro atoms. The van der Waals surface area contributed by atoms with Crippen molar-refractivity contribution >= 4 is 27.5 Å². The normalized spacial score (nSPS) is 10.6. The summed E-state index contributed by atoms with van der Waals surface area (Å²) in [5, 5.41) is 2.91. The van der Waals surface area contributed by atoms with Gasteiger partial charge in [-0.05, 0) is 49.0 Å². The summed E-state index contributed by atoms with van der Waals surface area (Å²) in [6, 6.07) is 13.2. The molecule has 0 heterocycles. The van der Waals surface area contributed by atoms with E-state index in [4.69, 9.17) is 9.47 Å². The van der Waals surface area contributed by atoms with Crippen molar-refractivity contribution in [1.29, 1.82) is 0 Å². The zero-order chi connectivity index (χ0) is 18.2. The van der Waals surface area contributed by atoms with E-state index in [0.717, 1.165) is 33.8 Å². The predicted octanol–water partition coefficient (Wildman–Crippen LogP) is 3.93. The topological polar surface area (TPSA) is 50.8 Å². The molecule has 0 bridgehead atoms. The van der Waals surface area contributed by atoms with Gasteiger partial charge < -0.3 is 14.8 Å². The lowest BCUT2D eigenvalue weighted by Crippen LogP contribution is -2.32. The van der Waals surface area contributed by atoms with Crippen LogP contribution in [-0.4, -0.2) is 38.1 Å². The number of nitrogens with one attached hydrogen (secondary N) is 1. The third kappa shape index (κ3) is 5.76. The quantitative estimate of drug-likeness (QED) is 0.721. The maximum absolute atomic E-state index is 12.3. The van der Waals surface area contributed by atoms with Crippen LogP contribution in [0.2, 0.25) is 0 Å². The average Bonchev–Trinajstić information content (AvgIpc) is 2.62. The van der Waals surface area contributed by atoms with Gasteiger partial charge in [0.15, 0.2) is 0 Å². The van der Waals surface area contributed by atoms with E-state index in [1.807, 2.05) is 49.4 Å².